The predicted octanol–water partition coefficient (Wildman–Crippen LogP) is 0.765. The minimum Gasteiger partial charge on any atom is -0.481 e. The molecule has 1 N–H and O–H groups in total. The lowest BCUT2D eigenvalue weighted by Gasteiger charge is -1.84. The number of rotatable bonds is 3. The maximum Gasteiger partial charge on any atom is 0.303 e. The first-order valence-corrected chi connectivity index (χ1v) is 2.11. The summed E-state index contributed by atoms with van der Waals surface area (Å²) in [5, 5.41) is 16.2. The molecular formula is C5H7NO2. The molecule has 0 unspecified atom stereocenters. The number of hydrogen-bond acceptors (Lipinski definition) is 2. The van der Waals surface area contributed by atoms with Gasteiger partial charge in [-0.15, -0.1) is 0 Å². The Morgan fingerprint density at radius 1 is 2.00 bits per heavy atom. The number of nitrogens with zero attached hydrogens (tertiary/aromatic N) is 1. The van der Waals surface area contributed by atoms with Gasteiger partial charge in [0.2, 0.25) is 0 Å². The van der Waals surface area contributed by atoms with Gasteiger partial charge in [0.05, 0.1) is 6.07 Å². The van der Waals surface area contributed by atoms with Crippen molar-refractivity contribution in [2.75, 3.05) is 0 Å². The van der Waals surface area contributed by atoms with Crippen LogP contribution >= 0.6 is 0 Å². The van der Waals surface area contributed by atoms with Crippen molar-refractivity contribution in [1.29, 1.82) is 5.26 Å². The highest BCUT2D eigenvalue weighted by atomic mass is 16.4. The Morgan fingerprint density at radius 2 is 2.62 bits per heavy atom. The van der Waals surface area contributed by atoms with Crippen LogP contribution in [0.2, 0.25) is 0 Å². The molecule has 0 bridgehead atoms. The van der Waals surface area contributed by atoms with Gasteiger partial charge in [-0.3, -0.25) is 4.79 Å². The van der Waals surface area contributed by atoms with Gasteiger partial charge in [-0.25, -0.2) is 0 Å². The molecule has 0 amide bonds. The van der Waals surface area contributed by atoms with Crippen LogP contribution in [0.1, 0.15) is 22.0 Å². The van der Waals surface area contributed by atoms with Crippen LogP contribution in [0.25, 0.3) is 0 Å². The summed E-state index contributed by atoms with van der Waals surface area (Å²) in [5.74, 6) is -1.08. The number of nitriles is 1. The molecule has 0 aliphatic heterocycles. The summed E-state index contributed by atoms with van der Waals surface area (Å²) < 4.78 is 13.6. The van der Waals surface area contributed by atoms with Gasteiger partial charge in [-0.1, -0.05) is 0 Å². The topological polar surface area (TPSA) is 61.1 Å². The molecule has 0 heterocycles. The number of carboxylic acids is 1. The second-order valence-electron chi connectivity index (χ2n) is 1.18. The zero-order valence-electron chi connectivity index (χ0n) is 6.22. The monoisotopic (exact) mass is 115 g/mol. The van der Waals surface area contributed by atoms with Crippen molar-refractivity contribution in [1.82, 2.24) is 0 Å². The van der Waals surface area contributed by atoms with Crippen LogP contribution in [0, 0.1) is 11.3 Å². The van der Waals surface area contributed by atoms with Crippen LogP contribution in [-0.2, 0) is 4.79 Å². The fraction of sp³-hybridized carbons (Fsp3) is 0.600. The summed E-state index contributed by atoms with van der Waals surface area (Å²) in [7, 11) is 0. The van der Waals surface area contributed by atoms with Crippen LogP contribution in [-0.4, -0.2) is 11.1 Å². The summed E-state index contributed by atoms with van der Waals surface area (Å²) in [6.07, 6.45) is -2.56. The highest BCUT2D eigenvalue weighted by molar-refractivity contribution is 5.66. The molecule has 0 aromatic carbocycles. The Hall–Kier alpha value is -1.04. The number of aliphatic carboxylic acids is 1. The van der Waals surface area contributed by atoms with Gasteiger partial charge in [0.1, 0.15) is 0 Å². The van der Waals surface area contributed by atoms with Crippen molar-refractivity contribution in [2.45, 2.75) is 19.2 Å². The summed E-state index contributed by atoms with van der Waals surface area (Å²) in [4.78, 5) is 9.89. The molecule has 8 heavy (non-hydrogen) atoms. The zero-order chi connectivity index (χ0) is 8.20. The van der Waals surface area contributed by atoms with E-state index >= 15 is 0 Å². The van der Waals surface area contributed by atoms with E-state index in [0.29, 0.717) is 0 Å². The van der Waals surface area contributed by atoms with Crippen molar-refractivity contribution < 1.29 is 12.6 Å². The van der Waals surface area contributed by atoms with Crippen molar-refractivity contribution in [2.24, 2.45) is 0 Å². The molecule has 0 spiro atoms. The summed E-state index contributed by atoms with van der Waals surface area (Å²) >= 11 is 0. The van der Waals surface area contributed by atoms with Gasteiger partial charge < -0.3 is 5.11 Å². The summed E-state index contributed by atoms with van der Waals surface area (Å²) in [5.41, 5.74) is 0. The third-order valence-corrected chi connectivity index (χ3v) is 0.543. The normalized spacial score (nSPS) is 13.4. The molecule has 0 aliphatic rings. The molecule has 3 nitrogen and oxygen atoms in total. The maximum atomic E-state index is 9.89. The van der Waals surface area contributed by atoms with Crippen LogP contribution < -0.4 is 0 Å². The fourth-order valence-corrected chi connectivity index (χ4v) is 0.225. The van der Waals surface area contributed by atoms with Crippen LogP contribution in [0.15, 0.2) is 0 Å². The molecule has 0 atom stereocenters. The van der Waals surface area contributed by atoms with Gasteiger partial charge in [0, 0.05) is 15.5 Å². The maximum absolute atomic E-state index is 9.89. The second-order valence-corrected chi connectivity index (χ2v) is 1.18. The first kappa shape index (κ1) is 3.90. The summed E-state index contributed by atoms with van der Waals surface area (Å²) in [6.45, 7) is 0. The molecule has 0 saturated heterocycles. The molecule has 0 rings (SSSR count). The van der Waals surface area contributed by atoms with E-state index in [-0.39, 0.29) is 12.8 Å². The lowest BCUT2D eigenvalue weighted by molar-refractivity contribution is -0.137. The lowest BCUT2D eigenvalue weighted by atomic mass is 10.2. The Bertz CT molecular complexity index is 173. The third-order valence-electron chi connectivity index (χ3n) is 0.543. The van der Waals surface area contributed by atoms with Gasteiger partial charge in [0.15, 0.2) is 0 Å². The minimum atomic E-state index is -2.00. The molecule has 0 aromatic heterocycles. The average molecular weight is 115 g/mol. The van der Waals surface area contributed by atoms with E-state index in [9.17, 15) is 4.79 Å². The van der Waals surface area contributed by atoms with Crippen LogP contribution in [0.3, 0.4) is 0 Å². The molecule has 3 heteroatoms. The van der Waals surface area contributed by atoms with Gasteiger partial charge in [-0.05, 0) is 6.42 Å². The molecule has 44 valence electrons. The Labute approximate surface area is 50.4 Å². The highest BCUT2D eigenvalue weighted by Crippen LogP contribution is 1.91. The minimum absolute atomic E-state index is 0.251. The van der Waals surface area contributed by atoms with E-state index in [0.717, 1.165) is 0 Å². The predicted molar refractivity (Wildman–Crippen MR) is 27.1 cm³/mol. The highest BCUT2D eigenvalue weighted by Gasteiger charge is 1.92. The van der Waals surface area contributed by atoms with E-state index in [4.69, 9.17) is 13.1 Å². The van der Waals surface area contributed by atoms with Gasteiger partial charge in [-0.2, -0.15) is 5.26 Å². The first-order chi connectivity index (χ1) is 4.48. The molecular weight excluding hydrogens is 106 g/mol. The van der Waals surface area contributed by atoms with E-state index in [1.807, 2.05) is 0 Å². The van der Waals surface area contributed by atoms with E-state index in [1.54, 1.807) is 0 Å². The van der Waals surface area contributed by atoms with E-state index < -0.39 is 12.3 Å². The molecule has 0 radical (unpaired) electrons. The average Bonchev–Trinajstić information content (AvgIpc) is 1.85. The number of hydrogen-bond donors (Lipinski definition) is 1. The van der Waals surface area contributed by atoms with Crippen molar-refractivity contribution >= 4 is 5.97 Å². The molecule has 0 saturated carbocycles. The largest absolute Gasteiger partial charge is 0.481 e. The molecule has 0 fully saturated rings. The van der Waals surface area contributed by atoms with Crippen LogP contribution in [0.5, 0.6) is 0 Å². The van der Waals surface area contributed by atoms with Gasteiger partial charge in [0.25, 0.3) is 0 Å². The summed E-state index contributed by atoms with van der Waals surface area (Å²) in [6, 6.07) is 1.37. The first-order valence-electron chi connectivity index (χ1n) is 3.11. The van der Waals surface area contributed by atoms with Crippen molar-refractivity contribution in [3.63, 3.8) is 0 Å². The Morgan fingerprint density at radius 3 is 3.00 bits per heavy atom. The van der Waals surface area contributed by atoms with Crippen molar-refractivity contribution in [3.8, 4) is 6.07 Å². The quantitative estimate of drug-likeness (QED) is 0.590. The van der Waals surface area contributed by atoms with E-state index in [2.05, 4.69) is 0 Å². The SMILES string of the molecule is [2H]C([2H])(C#N)CCC(=O)O. The molecule has 0 aliphatic carbocycles. The standard InChI is InChI=1S/C5H7NO2/c6-4-2-1-3-5(7)8/h1-3H2,(H,7,8)/i2D2. The Balaban J connectivity index is 3.71. The van der Waals surface area contributed by atoms with E-state index in [1.165, 1.54) is 6.07 Å². The second kappa shape index (κ2) is 4.13. The Kier molecular flexibility index (Phi) is 2.01. The fourth-order valence-electron chi connectivity index (χ4n) is 0.225. The smallest absolute Gasteiger partial charge is 0.303 e. The number of carbonyl (C=O) groups is 1. The van der Waals surface area contributed by atoms with Crippen molar-refractivity contribution in [3.05, 3.63) is 0 Å². The zero-order valence-corrected chi connectivity index (χ0v) is 4.22. The molecule has 0 aromatic rings. The van der Waals surface area contributed by atoms with Gasteiger partial charge >= 0.3 is 5.97 Å². The van der Waals surface area contributed by atoms with Crippen LogP contribution in [0.4, 0.5) is 0 Å². The third kappa shape index (κ3) is 4.96. The number of carboxylic acid groups (broad SMARTS) is 1. The lowest BCUT2D eigenvalue weighted by Crippen LogP contribution is -1.92.